The summed E-state index contributed by atoms with van der Waals surface area (Å²) in [6.07, 6.45) is 4.59. The van der Waals surface area contributed by atoms with Gasteiger partial charge in [-0.3, -0.25) is 28.9 Å². The van der Waals surface area contributed by atoms with Crippen molar-refractivity contribution in [2.75, 3.05) is 31.4 Å². The molecule has 0 saturated carbocycles. The number of ether oxygens (including phenoxy) is 2. The second-order valence-electron chi connectivity index (χ2n) is 12.4. The minimum Gasteiger partial charge on any atom is -0.493 e. The van der Waals surface area contributed by atoms with Crippen molar-refractivity contribution in [2.24, 2.45) is 7.05 Å². The molecule has 3 aromatic heterocycles. The average Bonchev–Trinajstić information content (AvgIpc) is 3.84. The van der Waals surface area contributed by atoms with Crippen LogP contribution in [-0.2, 0) is 26.6 Å². The Labute approximate surface area is 308 Å². The van der Waals surface area contributed by atoms with Crippen LogP contribution in [0.25, 0.3) is 21.9 Å². The highest BCUT2D eigenvalue weighted by atomic mass is 32.1. The van der Waals surface area contributed by atoms with E-state index in [4.69, 9.17) is 13.9 Å². The van der Waals surface area contributed by atoms with Crippen molar-refractivity contribution >= 4 is 56.4 Å². The SMILES string of the molecule is COc1cc(NC(=O)c2cc(=O)c3ccccc3o2)c(C(=O)Nc2ccc(CCN(Cc3cncs3)Cc3cccc4cnn(C)c34)cc2)cc1OC. The Morgan fingerprint density at radius 3 is 2.45 bits per heavy atom. The monoisotopic (exact) mass is 728 g/mol. The number of para-hydroxylation sites is 2. The normalized spacial score (nSPS) is 11.2. The van der Waals surface area contributed by atoms with Crippen LogP contribution in [0.2, 0.25) is 0 Å². The first kappa shape index (κ1) is 35.1. The van der Waals surface area contributed by atoms with Crippen LogP contribution in [0.4, 0.5) is 11.4 Å². The highest BCUT2D eigenvalue weighted by Gasteiger charge is 2.21. The highest BCUT2D eigenvalue weighted by Crippen LogP contribution is 2.34. The lowest BCUT2D eigenvalue weighted by molar-refractivity contribution is 0.0997. The third-order valence-corrected chi connectivity index (χ3v) is 9.67. The number of anilines is 2. The van der Waals surface area contributed by atoms with E-state index in [2.05, 4.69) is 43.8 Å². The average molecular weight is 729 g/mol. The third-order valence-electron chi connectivity index (χ3n) is 8.90. The van der Waals surface area contributed by atoms with E-state index in [1.165, 1.54) is 36.8 Å². The number of methoxy groups -OCH3 is 2. The van der Waals surface area contributed by atoms with Gasteiger partial charge in [-0.25, -0.2) is 0 Å². The number of aromatic nitrogens is 3. The van der Waals surface area contributed by atoms with Gasteiger partial charge in [0.1, 0.15) is 5.58 Å². The first-order valence-electron chi connectivity index (χ1n) is 16.8. The number of carbonyl (C=O) groups is 2. The molecule has 0 saturated heterocycles. The summed E-state index contributed by atoms with van der Waals surface area (Å²) in [4.78, 5) is 47.6. The summed E-state index contributed by atoms with van der Waals surface area (Å²) in [6.45, 7) is 2.31. The molecule has 13 heteroatoms. The van der Waals surface area contributed by atoms with Crippen molar-refractivity contribution in [2.45, 2.75) is 19.5 Å². The molecule has 0 aliphatic rings. The van der Waals surface area contributed by atoms with Gasteiger partial charge < -0.3 is 24.5 Å². The standard InChI is InChI=1S/C40H36N6O6S/c1-45-38-26(20-42-45)7-6-8-27(38)22-46(23-29-21-41-24-53-29)16-15-25-11-13-28(14-12-25)43-39(48)31-17-35(50-2)36(51-3)18-32(31)44-40(49)37-19-33(47)30-9-4-5-10-34(30)52-37/h4-14,17-21,24H,15-16,22-23H2,1-3H3,(H,43,48)(H,44,49). The number of aryl methyl sites for hydroxylation is 1. The molecule has 0 aliphatic heterocycles. The number of rotatable bonds is 13. The molecule has 0 spiro atoms. The molecule has 268 valence electrons. The Morgan fingerprint density at radius 1 is 0.887 bits per heavy atom. The van der Waals surface area contributed by atoms with Crippen molar-refractivity contribution < 1.29 is 23.5 Å². The molecule has 53 heavy (non-hydrogen) atoms. The van der Waals surface area contributed by atoms with E-state index in [0.29, 0.717) is 22.6 Å². The Bertz CT molecular complexity index is 2480. The third kappa shape index (κ3) is 7.81. The number of hydrogen-bond donors (Lipinski definition) is 2. The summed E-state index contributed by atoms with van der Waals surface area (Å²) in [5.41, 5.74) is 6.02. The van der Waals surface area contributed by atoms with Crippen LogP contribution in [0, 0.1) is 0 Å². The van der Waals surface area contributed by atoms with Gasteiger partial charge in [0, 0.05) is 61.0 Å². The van der Waals surface area contributed by atoms with E-state index in [1.807, 2.05) is 53.9 Å². The summed E-state index contributed by atoms with van der Waals surface area (Å²) in [5.74, 6) is -0.810. The van der Waals surface area contributed by atoms with Gasteiger partial charge in [-0.05, 0) is 47.9 Å². The van der Waals surface area contributed by atoms with Crippen LogP contribution < -0.4 is 25.5 Å². The number of nitrogens with zero attached hydrogens (tertiary/aromatic N) is 4. The number of nitrogens with one attached hydrogen (secondary N) is 2. The smallest absolute Gasteiger partial charge is 0.291 e. The lowest BCUT2D eigenvalue weighted by Gasteiger charge is -2.22. The van der Waals surface area contributed by atoms with Crippen LogP contribution in [0.5, 0.6) is 11.5 Å². The van der Waals surface area contributed by atoms with Gasteiger partial charge in [-0.1, -0.05) is 42.5 Å². The van der Waals surface area contributed by atoms with Crippen LogP contribution in [0.1, 0.15) is 36.9 Å². The minimum atomic E-state index is -0.708. The second kappa shape index (κ2) is 15.5. The molecule has 0 aliphatic carbocycles. The molecule has 7 aromatic rings. The minimum absolute atomic E-state index is 0.116. The zero-order valence-corrected chi connectivity index (χ0v) is 30.1. The molecule has 4 aromatic carbocycles. The maximum Gasteiger partial charge on any atom is 0.291 e. The molecule has 0 atom stereocenters. The van der Waals surface area contributed by atoms with Crippen molar-refractivity contribution in [3.8, 4) is 11.5 Å². The maximum atomic E-state index is 13.7. The second-order valence-corrected chi connectivity index (χ2v) is 13.4. The highest BCUT2D eigenvalue weighted by molar-refractivity contribution is 7.09. The van der Waals surface area contributed by atoms with E-state index >= 15 is 0 Å². The van der Waals surface area contributed by atoms with Gasteiger partial charge in [0.2, 0.25) is 0 Å². The summed E-state index contributed by atoms with van der Waals surface area (Å²) >= 11 is 1.64. The van der Waals surface area contributed by atoms with E-state index in [1.54, 1.807) is 35.6 Å². The molecule has 7 rings (SSSR count). The molecule has 0 unspecified atom stereocenters. The number of carbonyl (C=O) groups excluding carboxylic acids is 2. The Balaban J connectivity index is 1.06. The van der Waals surface area contributed by atoms with Crippen LogP contribution >= 0.6 is 11.3 Å². The Morgan fingerprint density at radius 2 is 1.68 bits per heavy atom. The molecule has 0 bridgehead atoms. The van der Waals surface area contributed by atoms with Crippen LogP contribution in [-0.4, -0.2) is 52.2 Å². The summed E-state index contributed by atoms with van der Waals surface area (Å²) < 4.78 is 18.5. The van der Waals surface area contributed by atoms with Crippen molar-refractivity contribution in [1.29, 1.82) is 0 Å². The van der Waals surface area contributed by atoms with Crippen molar-refractivity contribution in [3.05, 3.63) is 140 Å². The number of amides is 2. The van der Waals surface area contributed by atoms with Gasteiger partial charge >= 0.3 is 0 Å². The molecular weight excluding hydrogens is 693 g/mol. The van der Waals surface area contributed by atoms with Gasteiger partial charge in [-0.15, -0.1) is 11.3 Å². The molecule has 2 N–H and O–H groups in total. The molecule has 0 fully saturated rings. The van der Waals surface area contributed by atoms with E-state index in [0.717, 1.165) is 48.6 Å². The van der Waals surface area contributed by atoms with E-state index in [9.17, 15) is 14.4 Å². The molecule has 0 radical (unpaired) electrons. The topological polar surface area (TPSA) is 141 Å². The van der Waals surface area contributed by atoms with Crippen LogP contribution in [0.3, 0.4) is 0 Å². The largest absolute Gasteiger partial charge is 0.493 e. The Kier molecular flexibility index (Phi) is 10.3. The number of fused-ring (bicyclic) bond motifs is 2. The van der Waals surface area contributed by atoms with Gasteiger partial charge in [0.05, 0.1) is 48.1 Å². The molecule has 3 heterocycles. The fraction of sp³-hybridized carbons (Fsp3) is 0.175. The lowest BCUT2D eigenvalue weighted by Crippen LogP contribution is -2.25. The number of thiazole rings is 1. The first-order chi connectivity index (χ1) is 25.8. The zero-order valence-electron chi connectivity index (χ0n) is 29.3. The number of benzene rings is 4. The summed E-state index contributed by atoms with van der Waals surface area (Å²) in [5, 5.41) is 11.6. The maximum absolute atomic E-state index is 13.7. The summed E-state index contributed by atoms with van der Waals surface area (Å²) in [6, 6.07) is 24.7. The molecule has 2 amide bonds. The summed E-state index contributed by atoms with van der Waals surface area (Å²) in [7, 11) is 4.87. The molecular formula is C40H36N6O6S. The first-order valence-corrected chi connectivity index (χ1v) is 17.7. The van der Waals surface area contributed by atoms with Gasteiger partial charge in [0.25, 0.3) is 11.8 Å². The lowest BCUT2D eigenvalue weighted by atomic mass is 10.1. The van der Waals surface area contributed by atoms with E-state index in [-0.39, 0.29) is 28.0 Å². The fourth-order valence-electron chi connectivity index (χ4n) is 6.25. The quantitative estimate of drug-likeness (QED) is 0.130. The van der Waals surface area contributed by atoms with Gasteiger partial charge in [0.15, 0.2) is 22.7 Å². The predicted molar refractivity (Wildman–Crippen MR) is 205 cm³/mol. The number of hydrogen-bond acceptors (Lipinski definition) is 10. The van der Waals surface area contributed by atoms with Crippen LogP contribution in [0.15, 0.2) is 112 Å². The van der Waals surface area contributed by atoms with Crippen molar-refractivity contribution in [1.82, 2.24) is 19.7 Å². The predicted octanol–water partition coefficient (Wildman–Crippen LogP) is 6.90. The fourth-order valence-corrected chi connectivity index (χ4v) is 6.89. The zero-order chi connectivity index (χ0) is 36.9. The Hall–Kier alpha value is -6.31. The van der Waals surface area contributed by atoms with Crippen molar-refractivity contribution in [3.63, 3.8) is 0 Å². The van der Waals surface area contributed by atoms with Gasteiger partial charge in [-0.2, -0.15) is 5.10 Å². The molecule has 12 nitrogen and oxygen atoms in total. The van der Waals surface area contributed by atoms with E-state index < -0.39 is 11.8 Å².